The first-order valence-corrected chi connectivity index (χ1v) is 12.9. The summed E-state index contributed by atoms with van der Waals surface area (Å²) in [6, 6.07) is 6.71. The first-order chi connectivity index (χ1) is 18.4. The third-order valence-electron chi connectivity index (χ3n) is 8.61. The molecule has 7 nitrogen and oxygen atoms in total. The van der Waals surface area contributed by atoms with Crippen molar-refractivity contribution in [1.82, 2.24) is 15.5 Å². The van der Waals surface area contributed by atoms with Gasteiger partial charge >= 0.3 is 6.18 Å². The van der Waals surface area contributed by atoms with Gasteiger partial charge in [0.25, 0.3) is 11.8 Å². The van der Waals surface area contributed by atoms with E-state index in [0.717, 1.165) is 6.07 Å². The van der Waals surface area contributed by atoms with Crippen LogP contribution in [0.25, 0.3) is 0 Å². The van der Waals surface area contributed by atoms with Crippen LogP contribution in [0, 0.1) is 11.2 Å². The van der Waals surface area contributed by atoms with Crippen LogP contribution >= 0.6 is 0 Å². The van der Waals surface area contributed by atoms with Crippen LogP contribution in [0.5, 0.6) is 0 Å². The van der Waals surface area contributed by atoms with E-state index in [1.807, 2.05) is 0 Å². The molecule has 2 N–H and O–H groups in total. The van der Waals surface area contributed by atoms with E-state index in [1.54, 1.807) is 18.2 Å². The van der Waals surface area contributed by atoms with Gasteiger partial charge in [-0.3, -0.25) is 24.5 Å². The molecule has 2 aromatic rings. The van der Waals surface area contributed by atoms with Gasteiger partial charge in [-0.25, -0.2) is 4.39 Å². The number of rotatable bonds is 4. The Balaban J connectivity index is 1.03. The van der Waals surface area contributed by atoms with Crippen LogP contribution in [-0.4, -0.2) is 40.6 Å². The molecule has 0 aromatic heterocycles. The minimum atomic E-state index is -4.58. The van der Waals surface area contributed by atoms with Gasteiger partial charge in [0.2, 0.25) is 11.8 Å². The second-order valence-electron chi connectivity index (χ2n) is 11.2. The highest BCUT2D eigenvalue weighted by atomic mass is 19.4. The summed E-state index contributed by atoms with van der Waals surface area (Å²) in [6.45, 7) is 0.177. The number of alkyl halides is 3. The van der Waals surface area contributed by atoms with Gasteiger partial charge in [0.1, 0.15) is 11.9 Å². The first-order valence-electron chi connectivity index (χ1n) is 12.9. The number of hydrogen-bond donors (Lipinski definition) is 2. The number of imide groups is 1. The third-order valence-corrected chi connectivity index (χ3v) is 8.61. The molecule has 2 aromatic carbocycles. The number of piperidine rings is 1. The molecule has 1 atom stereocenters. The summed E-state index contributed by atoms with van der Waals surface area (Å²) in [5.41, 5.74) is 0.734. The number of halogens is 4. The zero-order valence-electron chi connectivity index (χ0n) is 20.7. The quantitative estimate of drug-likeness (QED) is 0.449. The maximum absolute atomic E-state index is 14.3. The summed E-state index contributed by atoms with van der Waals surface area (Å²) in [4.78, 5) is 50.8. The number of benzene rings is 2. The van der Waals surface area contributed by atoms with Crippen molar-refractivity contribution in [3.63, 3.8) is 0 Å². The van der Waals surface area contributed by atoms with Crippen molar-refractivity contribution in [2.45, 2.75) is 69.2 Å². The maximum Gasteiger partial charge on any atom is 0.416 e. The Bertz CT molecular complexity index is 1410. The fourth-order valence-corrected chi connectivity index (χ4v) is 6.65. The Kier molecular flexibility index (Phi) is 5.82. The smallest absolute Gasteiger partial charge is 0.349 e. The fourth-order valence-electron chi connectivity index (χ4n) is 6.65. The second-order valence-corrected chi connectivity index (χ2v) is 11.2. The van der Waals surface area contributed by atoms with Crippen molar-refractivity contribution >= 4 is 23.6 Å². The minimum Gasteiger partial charge on any atom is -0.349 e. The van der Waals surface area contributed by atoms with Crippen molar-refractivity contribution in [1.29, 1.82) is 0 Å². The van der Waals surface area contributed by atoms with Crippen LogP contribution in [-0.2, 0) is 22.3 Å². The maximum atomic E-state index is 14.3. The molecule has 11 heteroatoms. The monoisotopic (exact) mass is 543 g/mol. The molecule has 1 spiro atoms. The molecule has 2 saturated carbocycles. The van der Waals surface area contributed by atoms with Crippen LogP contribution < -0.4 is 10.6 Å². The van der Waals surface area contributed by atoms with Gasteiger partial charge in [-0.1, -0.05) is 6.07 Å². The molecule has 2 heterocycles. The lowest BCUT2D eigenvalue weighted by molar-refractivity contribution is -0.138. The Morgan fingerprint density at radius 2 is 1.77 bits per heavy atom. The highest BCUT2D eigenvalue weighted by Gasteiger charge is 2.54. The van der Waals surface area contributed by atoms with Crippen molar-refractivity contribution in [3.8, 4) is 0 Å². The minimum absolute atomic E-state index is 0.0371. The van der Waals surface area contributed by atoms with E-state index < -0.39 is 29.5 Å². The Hall–Kier alpha value is -3.76. The fraction of sp³-hybridized carbons (Fsp3) is 0.429. The molecule has 0 bridgehead atoms. The van der Waals surface area contributed by atoms with Crippen molar-refractivity contribution < 1.29 is 36.7 Å². The van der Waals surface area contributed by atoms with Gasteiger partial charge in [0, 0.05) is 30.1 Å². The summed E-state index contributed by atoms with van der Waals surface area (Å²) < 4.78 is 52.8. The number of carbonyl (C=O) groups excluding carboxylic acids is 4. The molecule has 3 fully saturated rings. The zero-order chi connectivity index (χ0) is 27.7. The third kappa shape index (κ3) is 4.47. The van der Waals surface area contributed by atoms with E-state index in [2.05, 4.69) is 10.6 Å². The lowest BCUT2D eigenvalue weighted by Gasteiger charge is -2.58. The van der Waals surface area contributed by atoms with Gasteiger partial charge in [0.05, 0.1) is 5.56 Å². The van der Waals surface area contributed by atoms with Gasteiger partial charge < -0.3 is 10.2 Å². The molecular formula is C28H25F4N3O4. The van der Waals surface area contributed by atoms with E-state index in [-0.39, 0.29) is 54.5 Å². The Labute approximate surface area is 220 Å². The average Bonchev–Trinajstić information content (AvgIpc) is 3.15. The summed E-state index contributed by atoms with van der Waals surface area (Å²) >= 11 is 0. The standard InChI is InChI=1S/C28H25F4N3O4/c29-21-8-17(28(30,31)32)2-4-19(21)16-9-27(10-16)11-18(12-27)33-24(37)14-1-3-20-15(7-14)13-35(26(20)39)22-5-6-23(36)34-25(22)38/h1-4,7-8,16,18,22H,5-6,9-13H2,(H,33,37)(H,34,36,38). The highest BCUT2D eigenvalue weighted by molar-refractivity contribution is 6.06. The lowest BCUT2D eigenvalue weighted by atomic mass is 9.49. The molecule has 39 heavy (non-hydrogen) atoms. The van der Waals surface area contributed by atoms with Crippen molar-refractivity contribution in [2.24, 2.45) is 5.41 Å². The number of hydrogen-bond acceptors (Lipinski definition) is 4. The van der Waals surface area contributed by atoms with Gasteiger partial charge in [0.15, 0.2) is 0 Å². The molecule has 0 radical (unpaired) electrons. The van der Waals surface area contributed by atoms with Gasteiger partial charge in [-0.05, 0) is 84.9 Å². The van der Waals surface area contributed by atoms with Gasteiger partial charge in [-0.2, -0.15) is 13.2 Å². The largest absolute Gasteiger partial charge is 0.416 e. The van der Waals surface area contributed by atoms with Crippen LogP contribution in [0.15, 0.2) is 36.4 Å². The molecule has 4 aliphatic rings. The van der Waals surface area contributed by atoms with Crippen LogP contribution in [0.3, 0.4) is 0 Å². The average molecular weight is 544 g/mol. The molecule has 6 rings (SSSR count). The topological polar surface area (TPSA) is 95.6 Å². The van der Waals surface area contributed by atoms with Crippen LogP contribution in [0.2, 0.25) is 0 Å². The molecule has 1 saturated heterocycles. The number of nitrogens with one attached hydrogen (secondary N) is 2. The zero-order valence-corrected chi connectivity index (χ0v) is 20.7. The molecule has 204 valence electrons. The van der Waals surface area contributed by atoms with Crippen LogP contribution in [0.1, 0.15) is 81.8 Å². The normalized spacial score (nSPS) is 28.1. The predicted octanol–water partition coefficient (Wildman–Crippen LogP) is 4.06. The predicted molar refractivity (Wildman–Crippen MR) is 129 cm³/mol. The molecular weight excluding hydrogens is 518 g/mol. The summed E-state index contributed by atoms with van der Waals surface area (Å²) in [5, 5.41) is 5.26. The van der Waals surface area contributed by atoms with E-state index >= 15 is 0 Å². The molecule has 4 amide bonds. The molecule has 2 aliphatic heterocycles. The molecule has 2 aliphatic carbocycles. The Morgan fingerprint density at radius 3 is 2.44 bits per heavy atom. The summed E-state index contributed by atoms with van der Waals surface area (Å²) in [5.74, 6) is -2.42. The Morgan fingerprint density at radius 1 is 1.03 bits per heavy atom. The number of nitrogens with zero attached hydrogens (tertiary/aromatic N) is 1. The van der Waals surface area contributed by atoms with E-state index in [1.165, 1.54) is 11.0 Å². The first kappa shape index (κ1) is 25.5. The van der Waals surface area contributed by atoms with E-state index in [4.69, 9.17) is 0 Å². The highest BCUT2D eigenvalue weighted by Crippen LogP contribution is 2.62. The molecule has 1 unspecified atom stereocenters. The summed E-state index contributed by atoms with van der Waals surface area (Å²) in [6.07, 6.45) is -1.41. The second kappa shape index (κ2) is 8.89. The van der Waals surface area contributed by atoms with Crippen molar-refractivity contribution in [3.05, 3.63) is 70.0 Å². The van der Waals surface area contributed by atoms with E-state index in [0.29, 0.717) is 54.0 Å². The number of carbonyl (C=O) groups is 4. The summed E-state index contributed by atoms with van der Waals surface area (Å²) in [7, 11) is 0. The van der Waals surface area contributed by atoms with Crippen molar-refractivity contribution in [2.75, 3.05) is 0 Å². The van der Waals surface area contributed by atoms with Crippen LogP contribution in [0.4, 0.5) is 17.6 Å². The number of amides is 4. The van der Waals surface area contributed by atoms with Gasteiger partial charge in [-0.15, -0.1) is 0 Å². The lowest BCUT2D eigenvalue weighted by Crippen LogP contribution is -2.55. The number of fused-ring (bicyclic) bond motifs is 1. The van der Waals surface area contributed by atoms with E-state index in [9.17, 15) is 36.7 Å². The SMILES string of the molecule is O=C1CCC(N2Cc3cc(C(=O)NC4CC5(C4)CC(c4ccc(C(F)(F)F)cc4F)C5)ccc3C2=O)C(=O)N1.